The molecule has 0 N–H and O–H groups in total. The van der Waals surface area contributed by atoms with E-state index in [1.54, 1.807) is 14.2 Å². The van der Waals surface area contributed by atoms with Gasteiger partial charge >= 0.3 is 0 Å². The maximum absolute atomic E-state index is 5.35. The summed E-state index contributed by atoms with van der Waals surface area (Å²) in [5, 5.41) is 0. The largest absolute Gasteiger partial charge is 0.497 e. The van der Waals surface area contributed by atoms with Crippen molar-refractivity contribution in [3.8, 4) is 5.75 Å². The number of aromatic nitrogens is 2. The summed E-state index contributed by atoms with van der Waals surface area (Å²) in [5.74, 6) is 1.75. The van der Waals surface area contributed by atoms with Crippen molar-refractivity contribution in [2.45, 2.75) is 19.4 Å². The van der Waals surface area contributed by atoms with E-state index in [2.05, 4.69) is 38.0 Å². The molecule has 0 amide bonds. The first-order valence-electron chi connectivity index (χ1n) is 9.18. The molecule has 1 aromatic carbocycles. The summed E-state index contributed by atoms with van der Waals surface area (Å²) in [6, 6.07) is 8.32. The maximum atomic E-state index is 5.35. The molecule has 0 bridgehead atoms. The molecule has 1 aliphatic heterocycles. The molecule has 2 aromatic rings. The molecular weight excluding hydrogens is 328 g/mol. The molecular formula is C20H28N4O2. The van der Waals surface area contributed by atoms with Crippen molar-refractivity contribution in [3.63, 3.8) is 0 Å². The van der Waals surface area contributed by atoms with Gasteiger partial charge in [0.2, 0.25) is 0 Å². The minimum atomic E-state index is 0.658. The van der Waals surface area contributed by atoms with Gasteiger partial charge in [0, 0.05) is 76.0 Å². The van der Waals surface area contributed by atoms with Crippen molar-refractivity contribution in [2.75, 3.05) is 51.9 Å². The highest BCUT2D eigenvalue weighted by Gasteiger charge is 2.16. The summed E-state index contributed by atoms with van der Waals surface area (Å²) in [6.45, 7) is 5.76. The number of ether oxygens (including phenoxy) is 2. The molecule has 0 unspecified atom stereocenters. The monoisotopic (exact) mass is 356 g/mol. The molecule has 0 saturated carbocycles. The fraction of sp³-hybridized carbons (Fsp3) is 0.500. The second kappa shape index (κ2) is 9.50. The molecule has 0 spiro atoms. The van der Waals surface area contributed by atoms with E-state index in [0.717, 1.165) is 57.1 Å². The zero-order valence-electron chi connectivity index (χ0n) is 15.7. The van der Waals surface area contributed by atoms with Crippen LogP contribution in [0.25, 0.3) is 0 Å². The predicted molar refractivity (Wildman–Crippen MR) is 103 cm³/mol. The Kier molecular flexibility index (Phi) is 6.80. The lowest BCUT2D eigenvalue weighted by atomic mass is 10.2. The fourth-order valence-electron chi connectivity index (χ4n) is 3.24. The lowest BCUT2D eigenvalue weighted by Gasteiger charge is -2.24. The Morgan fingerprint density at radius 1 is 1.04 bits per heavy atom. The topological polar surface area (TPSA) is 50.7 Å². The van der Waals surface area contributed by atoms with Crippen molar-refractivity contribution in [1.29, 1.82) is 0 Å². The molecule has 0 radical (unpaired) electrons. The molecule has 0 aliphatic carbocycles. The van der Waals surface area contributed by atoms with Gasteiger partial charge in [-0.05, 0) is 18.6 Å². The highest BCUT2D eigenvalue weighted by atomic mass is 16.5. The van der Waals surface area contributed by atoms with Gasteiger partial charge in [0.05, 0.1) is 13.7 Å². The van der Waals surface area contributed by atoms with E-state index >= 15 is 0 Å². The van der Waals surface area contributed by atoms with Gasteiger partial charge in [-0.3, -0.25) is 4.90 Å². The normalized spacial score (nSPS) is 15.7. The van der Waals surface area contributed by atoms with Crippen LogP contribution in [0, 0.1) is 0 Å². The van der Waals surface area contributed by atoms with Crippen molar-refractivity contribution in [3.05, 3.63) is 48.0 Å². The van der Waals surface area contributed by atoms with Crippen LogP contribution in [0.1, 0.15) is 17.8 Å². The van der Waals surface area contributed by atoms with Crippen LogP contribution in [0.4, 0.5) is 5.69 Å². The predicted octanol–water partition coefficient (Wildman–Crippen LogP) is 2.39. The van der Waals surface area contributed by atoms with E-state index < -0.39 is 0 Å². The Labute approximate surface area is 155 Å². The van der Waals surface area contributed by atoms with Gasteiger partial charge in [-0.1, -0.05) is 6.07 Å². The van der Waals surface area contributed by atoms with E-state index in [9.17, 15) is 0 Å². The van der Waals surface area contributed by atoms with Gasteiger partial charge in [-0.25, -0.2) is 9.97 Å². The second-order valence-corrected chi connectivity index (χ2v) is 6.57. The van der Waals surface area contributed by atoms with Crippen LogP contribution in [-0.4, -0.2) is 61.9 Å². The first-order chi connectivity index (χ1) is 12.8. The van der Waals surface area contributed by atoms with Crippen molar-refractivity contribution in [1.82, 2.24) is 14.9 Å². The molecule has 6 heteroatoms. The molecule has 140 valence electrons. The quantitative estimate of drug-likeness (QED) is 0.759. The average Bonchev–Trinajstić information content (AvgIpc) is 2.93. The third kappa shape index (κ3) is 5.16. The lowest BCUT2D eigenvalue weighted by molar-refractivity contribution is 0.200. The molecule has 26 heavy (non-hydrogen) atoms. The molecule has 3 rings (SSSR count). The van der Waals surface area contributed by atoms with Crippen LogP contribution in [0.3, 0.4) is 0 Å². The van der Waals surface area contributed by atoms with Gasteiger partial charge in [0.25, 0.3) is 0 Å². The smallest absolute Gasteiger partial charge is 0.130 e. The third-order valence-electron chi connectivity index (χ3n) is 4.70. The summed E-state index contributed by atoms with van der Waals surface area (Å²) in [4.78, 5) is 13.8. The Balaban J connectivity index is 1.55. The van der Waals surface area contributed by atoms with Crippen molar-refractivity contribution < 1.29 is 9.47 Å². The fourth-order valence-corrected chi connectivity index (χ4v) is 3.24. The van der Waals surface area contributed by atoms with Crippen LogP contribution in [-0.2, 0) is 17.7 Å². The van der Waals surface area contributed by atoms with E-state index in [1.807, 2.05) is 18.5 Å². The minimum Gasteiger partial charge on any atom is -0.497 e. The van der Waals surface area contributed by atoms with Crippen molar-refractivity contribution in [2.24, 2.45) is 0 Å². The molecule has 1 aliphatic rings. The highest BCUT2D eigenvalue weighted by molar-refractivity contribution is 5.50. The first kappa shape index (κ1) is 18.6. The van der Waals surface area contributed by atoms with Crippen molar-refractivity contribution >= 4 is 5.69 Å². The number of hydrogen-bond acceptors (Lipinski definition) is 6. The number of methoxy groups -OCH3 is 2. The van der Waals surface area contributed by atoms with Crippen LogP contribution in [0.2, 0.25) is 0 Å². The summed E-state index contributed by atoms with van der Waals surface area (Å²) in [6.07, 6.45) is 5.80. The maximum Gasteiger partial charge on any atom is 0.130 e. The third-order valence-corrected chi connectivity index (χ3v) is 4.70. The van der Waals surface area contributed by atoms with E-state index in [0.29, 0.717) is 6.61 Å². The highest BCUT2D eigenvalue weighted by Crippen LogP contribution is 2.22. The van der Waals surface area contributed by atoms with Crippen LogP contribution in [0.15, 0.2) is 36.7 Å². The van der Waals surface area contributed by atoms with Gasteiger partial charge in [-0.15, -0.1) is 0 Å². The SMILES string of the molecule is COCCc1ncc(CN2CCCN(c3cccc(OC)c3)CC2)cn1. The molecule has 6 nitrogen and oxygen atoms in total. The van der Waals surface area contributed by atoms with Gasteiger partial charge in [-0.2, -0.15) is 0 Å². The van der Waals surface area contributed by atoms with E-state index in [-0.39, 0.29) is 0 Å². The molecule has 2 heterocycles. The summed E-state index contributed by atoms with van der Waals surface area (Å²) in [7, 11) is 3.41. The Bertz CT molecular complexity index is 678. The van der Waals surface area contributed by atoms with E-state index in [1.165, 1.54) is 11.3 Å². The van der Waals surface area contributed by atoms with E-state index in [4.69, 9.17) is 9.47 Å². The molecule has 0 atom stereocenters. The Morgan fingerprint density at radius 3 is 2.65 bits per heavy atom. The van der Waals surface area contributed by atoms with Crippen LogP contribution >= 0.6 is 0 Å². The first-order valence-corrected chi connectivity index (χ1v) is 9.18. The van der Waals surface area contributed by atoms with Gasteiger partial charge in [0.15, 0.2) is 0 Å². The Morgan fingerprint density at radius 2 is 1.88 bits per heavy atom. The number of benzene rings is 1. The second-order valence-electron chi connectivity index (χ2n) is 6.57. The Hall–Kier alpha value is -2.18. The standard InChI is InChI=1S/C20H28N4O2/c1-25-12-7-20-21-14-17(15-22-20)16-23-8-4-9-24(11-10-23)18-5-3-6-19(13-18)26-2/h3,5-6,13-15H,4,7-12,16H2,1-2H3. The number of nitrogens with zero attached hydrogens (tertiary/aromatic N) is 4. The van der Waals surface area contributed by atoms with Gasteiger partial charge in [0.1, 0.15) is 11.6 Å². The van der Waals surface area contributed by atoms with Crippen LogP contribution in [0.5, 0.6) is 5.75 Å². The average molecular weight is 356 g/mol. The van der Waals surface area contributed by atoms with Crippen LogP contribution < -0.4 is 9.64 Å². The lowest BCUT2D eigenvalue weighted by Crippen LogP contribution is -2.30. The summed E-state index contributed by atoms with van der Waals surface area (Å²) in [5.41, 5.74) is 2.40. The van der Waals surface area contributed by atoms with Gasteiger partial charge < -0.3 is 14.4 Å². The summed E-state index contributed by atoms with van der Waals surface area (Å²) >= 11 is 0. The number of rotatable bonds is 7. The minimum absolute atomic E-state index is 0.658. The summed E-state index contributed by atoms with van der Waals surface area (Å²) < 4.78 is 10.4. The molecule has 1 aromatic heterocycles. The molecule has 1 saturated heterocycles. The number of hydrogen-bond donors (Lipinski definition) is 0. The zero-order valence-corrected chi connectivity index (χ0v) is 15.7. The number of anilines is 1. The zero-order chi connectivity index (χ0) is 18.2. The molecule has 1 fully saturated rings.